The fourth-order valence-electron chi connectivity index (χ4n) is 3.35. The van der Waals surface area contributed by atoms with Gasteiger partial charge in [-0.25, -0.2) is 9.78 Å². The second-order valence-corrected chi connectivity index (χ2v) is 5.79. The molecule has 23 heavy (non-hydrogen) atoms. The first kappa shape index (κ1) is 13.8. The highest BCUT2D eigenvalue weighted by molar-refractivity contribution is 5.99. The highest BCUT2D eigenvalue weighted by atomic mass is 16.5. The minimum atomic E-state index is -0.914. The van der Waals surface area contributed by atoms with Crippen LogP contribution < -0.4 is 4.74 Å². The molecule has 2 aromatic carbocycles. The highest BCUT2D eigenvalue weighted by Crippen LogP contribution is 2.40. The first-order valence-electron chi connectivity index (χ1n) is 7.46. The lowest BCUT2D eigenvalue weighted by molar-refractivity contribution is 0.0696. The molecule has 4 rings (SSSR count). The van der Waals surface area contributed by atoms with Crippen LogP contribution in [0.25, 0.3) is 22.2 Å². The number of carbonyl (C=O) groups is 1. The van der Waals surface area contributed by atoms with Crippen LogP contribution in [-0.2, 0) is 6.61 Å². The predicted octanol–water partition coefficient (Wildman–Crippen LogP) is 4.11. The number of para-hydroxylation sites is 1. The Hall–Kier alpha value is -2.88. The summed E-state index contributed by atoms with van der Waals surface area (Å²) in [5.74, 6) is -0.0757. The quantitative estimate of drug-likeness (QED) is 0.735. The van der Waals surface area contributed by atoms with Crippen molar-refractivity contribution in [2.45, 2.75) is 20.5 Å². The molecule has 0 unspecified atom stereocenters. The van der Waals surface area contributed by atoms with Crippen molar-refractivity contribution in [3.8, 4) is 17.0 Å². The summed E-state index contributed by atoms with van der Waals surface area (Å²) in [6.07, 6.45) is 0. The van der Waals surface area contributed by atoms with Gasteiger partial charge in [-0.05, 0) is 49.2 Å². The average Bonchev–Trinajstić information content (AvgIpc) is 2.54. The van der Waals surface area contributed by atoms with E-state index in [0.717, 1.165) is 44.6 Å². The highest BCUT2D eigenvalue weighted by Gasteiger charge is 2.23. The molecule has 0 radical (unpaired) electrons. The van der Waals surface area contributed by atoms with Crippen molar-refractivity contribution in [1.82, 2.24) is 4.98 Å². The van der Waals surface area contributed by atoms with Crippen molar-refractivity contribution in [2.24, 2.45) is 0 Å². The van der Waals surface area contributed by atoms with Crippen LogP contribution in [0.5, 0.6) is 5.75 Å². The van der Waals surface area contributed by atoms with Gasteiger partial charge in [0.2, 0.25) is 0 Å². The lowest BCUT2D eigenvalue weighted by Crippen LogP contribution is -2.10. The molecule has 0 aliphatic carbocycles. The van der Waals surface area contributed by atoms with Crippen LogP contribution in [0.3, 0.4) is 0 Å². The Morgan fingerprint density at radius 1 is 1.13 bits per heavy atom. The molecule has 114 valence electrons. The van der Waals surface area contributed by atoms with Crippen molar-refractivity contribution in [2.75, 3.05) is 0 Å². The molecule has 4 heteroatoms. The fourth-order valence-corrected chi connectivity index (χ4v) is 3.35. The number of pyridine rings is 1. The maximum atomic E-state index is 11.4. The van der Waals surface area contributed by atoms with Crippen LogP contribution >= 0.6 is 0 Å². The molecule has 0 atom stereocenters. The van der Waals surface area contributed by atoms with Gasteiger partial charge >= 0.3 is 5.97 Å². The standard InChI is InChI=1S/C19H15NO3/c1-10-12(19(21)22)7-8-15-17(10)11(2)14-9-23-16-6-4-3-5-13(16)18(14)20-15/h3-8H,9H2,1-2H3,(H,21,22). The van der Waals surface area contributed by atoms with Gasteiger partial charge in [0.15, 0.2) is 0 Å². The molecular formula is C19H15NO3. The zero-order valence-electron chi connectivity index (χ0n) is 12.9. The van der Waals surface area contributed by atoms with Gasteiger partial charge in [-0.1, -0.05) is 12.1 Å². The van der Waals surface area contributed by atoms with Gasteiger partial charge < -0.3 is 9.84 Å². The van der Waals surface area contributed by atoms with E-state index in [1.165, 1.54) is 0 Å². The molecule has 1 aliphatic heterocycles. The summed E-state index contributed by atoms with van der Waals surface area (Å²) in [6.45, 7) is 4.31. The summed E-state index contributed by atoms with van der Waals surface area (Å²) in [5, 5.41) is 10.2. The third-order valence-electron chi connectivity index (χ3n) is 4.53. The van der Waals surface area contributed by atoms with Crippen LogP contribution in [0.4, 0.5) is 0 Å². The normalized spacial score (nSPS) is 12.4. The third-order valence-corrected chi connectivity index (χ3v) is 4.53. The number of aryl methyl sites for hydroxylation is 2. The number of aromatic nitrogens is 1. The van der Waals surface area contributed by atoms with E-state index >= 15 is 0 Å². The van der Waals surface area contributed by atoms with Gasteiger partial charge in [-0.15, -0.1) is 0 Å². The first-order valence-corrected chi connectivity index (χ1v) is 7.46. The molecule has 4 nitrogen and oxygen atoms in total. The van der Waals surface area contributed by atoms with E-state index in [9.17, 15) is 9.90 Å². The van der Waals surface area contributed by atoms with Gasteiger partial charge in [0.05, 0.1) is 16.8 Å². The number of ether oxygens (including phenoxy) is 1. The number of aromatic carboxylic acids is 1. The van der Waals surface area contributed by atoms with Crippen LogP contribution in [0.15, 0.2) is 36.4 Å². The lowest BCUT2D eigenvalue weighted by atomic mass is 9.92. The molecule has 2 heterocycles. The fraction of sp³-hybridized carbons (Fsp3) is 0.158. The van der Waals surface area contributed by atoms with Crippen LogP contribution in [0.1, 0.15) is 27.0 Å². The number of nitrogens with zero attached hydrogens (tertiary/aromatic N) is 1. The molecule has 0 amide bonds. The summed E-state index contributed by atoms with van der Waals surface area (Å²) in [4.78, 5) is 16.2. The average molecular weight is 305 g/mol. The molecule has 1 aromatic heterocycles. The Balaban J connectivity index is 2.08. The van der Waals surface area contributed by atoms with Crippen LogP contribution in [0.2, 0.25) is 0 Å². The van der Waals surface area contributed by atoms with E-state index < -0.39 is 5.97 Å². The van der Waals surface area contributed by atoms with Gasteiger partial charge in [0.25, 0.3) is 0 Å². The Bertz CT molecular complexity index is 976. The number of hydrogen-bond acceptors (Lipinski definition) is 3. The molecule has 1 aliphatic rings. The van der Waals surface area contributed by atoms with E-state index in [1.807, 2.05) is 38.1 Å². The van der Waals surface area contributed by atoms with Crippen molar-refractivity contribution in [3.05, 3.63) is 58.7 Å². The monoisotopic (exact) mass is 305 g/mol. The molecule has 1 N–H and O–H groups in total. The maximum Gasteiger partial charge on any atom is 0.335 e. The van der Waals surface area contributed by atoms with E-state index in [-0.39, 0.29) is 0 Å². The number of fused-ring (bicyclic) bond motifs is 4. The van der Waals surface area contributed by atoms with Gasteiger partial charge in [0, 0.05) is 16.5 Å². The number of hydrogen-bond donors (Lipinski definition) is 1. The molecule has 0 saturated heterocycles. The zero-order valence-corrected chi connectivity index (χ0v) is 12.9. The summed E-state index contributed by atoms with van der Waals surface area (Å²) in [5.41, 5.74) is 5.88. The van der Waals surface area contributed by atoms with Gasteiger partial charge in [-0.3, -0.25) is 0 Å². The Morgan fingerprint density at radius 3 is 2.70 bits per heavy atom. The number of rotatable bonds is 1. The first-order chi connectivity index (χ1) is 11.1. The maximum absolute atomic E-state index is 11.4. The predicted molar refractivity (Wildman–Crippen MR) is 87.9 cm³/mol. The summed E-state index contributed by atoms with van der Waals surface area (Å²) < 4.78 is 5.84. The zero-order chi connectivity index (χ0) is 16.1. The SMILES string of the molecule is Cc1c(C(=O)O)ccc2nc3c(c(C)c12)COc1ccccc1-3. The van der Waals surface area contributed by atoms with E-state index in [0.29, 0.717) is 12.2 Å². The van der Waals surface area contributed by atoms with E-state index in [1.54, 1.807) is 12.1 Å². The summed E-state index contributed by atoms with van der Waals surface area (Å²) in [7, 11) is 0. The molecule has 0 spiro atoms. The number of carboxylic acid groups (broad SMARTS) is 1. The lowest BCUT2D eigenvalue weighted by Gasteiger charge is -2.23. The van der Waals surface area contributed by atoms with E-state index in [2.05, 4.69) is 0 Å². The van der Waals surface area contributed by atoms with E-state index in [4.69, 9.17) is 9.72 Å². The van der Waals surface area contributed by atoms with Gasteiger partial charge in [0.1, 0.15) is 12.4 Å². The van der Waals surface area contributed by atoms with Crippen molar-refractivity contribution >= 4 is 16.9 Å². The Morgan fingerprint density at radius 2 is 1.91 bits per heavy atom. The Kier molecular flexibility index (Phi) is 2.88. The topological polar surface area (TPSA) is 59.4 Å². The van der Waals surface area contributed by atoms with Crippen molar-refractivity contribution < 1.29 is 14.6 Å². The molecule has 0 bridgehead atoms. The van der Waals surface area contributed by atoms with Crippen molar-refractivity contribution in [3.63, 3.8) is 0 Å². The van der Waals surface area contributed by atoms with Crippen LogP contribution in [0, 0.1) is 13.8 Å². The second kappa shape index (κ2) is 4.81. The minimum absolute atomic E-state index is 0.319. The third kappa shape index (κ3) is 1.91. The molecule has 0 fully saturated rings. The molecule has 0 saturated carbocycles. The van der Waals surface area contributed by atoms with Crippen LogP contribution in [-0.4, -0.2) is 16.1 Å². The number of benzene rings is 2. The minimum Gasteiger partial charge on any atom is -0.488 e. The Labute approximate surface area is 133 Å². The molecular weight excluding hydrogens is 290 g/mol. The van der Waals surface area contributed by atoms with Crippen molar-refractivity contribution in [1.29, 1.82) is 0 Å². The molecule has 3 aromatic rings. The summed E-state index contributed by atoms with van der Waals surface area (Å²) in [6, 6.07) is 11.3. The number of carboxylic acids is 1. The largest absolute Gasteiger partial charge is 0.488 e. The van der Waals surface area contributed by atoms with Gasteiger partial charge in [-0.2, -0.15) is 0 Å². The second-order valence-electron chi connectivity index (χ2n) is 5.79. The summed E-state index contributed by atoms with van der Waals surface area (Å²) >= 11 is 0. The smallest absolute Gasteiger partial charge is 0.335 e.